The fourth-order valence-electron chi connectivity index (χ4n) is 4.81. The summed E-state index contributed by atoms with van der Waals surface area (Å²) in [6.45, 7) is 5.75. The van der Waals surface area contributed by atoms with Crippen LogP contribution in [0.2, 0.25) is 0 Å². The third-order valence-electron chi connectivity index (χ3n) is 5.86. The Morgan fingerprint density at radius 3 is 2.78 bits per heavy atom. The number of aryl methyl sites for hydroxylation is 1. The van der Waals surface area contributed by atoms with Gasteiger partial charge in [-0.25, -0.2) is 0 Å². The minimum Gasteiger partial charge on any atom is -0.330 e. The van der Waals surface area contributed by atoms with E-state index in [1.807, 2.05) is 0 Å². The van der Waals surface area contributed by atoms with Gasteiger partial charge in [-0.1, -0.05) is 44.5 Å². The molecule has 0 saturated heterocycles. The minimum absolute atomic E-state index is 0.348. The highest BCUT2D eigenvalue weighted by Crippen LogP contribution is 2.56. The van der Waals surface area contributed by atoms with E-state index in [4.69, 9.17) is 5.73 Å². The van der Waals surface area contributed by atoms with E-state index in [9.17, 15) is 0 Å². The molecule has 0 spiro atoms. The van der Waals surface area contributed by atoms with Crippen LogP contribution in [0.25, 0.3) is 0 Å². The molecule has 18 heavy (non-hydrogen) atoms. The predicted octanol–water partition coefficient (Wildman–Crippen LogP) is 3.66. The fraction of sp³-hybridized carbons (Fsp3) is 0.647. The van der Waals surface area contributed by atoms with Gasteiger partial charge < -0.3 is 5.73 Å². The topological polar surface area (TPSA) is 26.0 Å². The summed E-state index contributed by atoms with van der Waals surface area (Å²) >= 11 is 0. The van der Waals surface area contributed by atoms with Gasteiger partial charge in [0.2, 0.25) is 0 Å². The largest absolute Gasteiger partial charge is 0.330 e. The second-order valence-corrected chi connectivity index (χ2v) is 6.88. The van der Waals surface area contributed by atoms with Gasteiger partial charge in [0.25, 0.3) is 0 Å². The average molecular weight is 243 g/mol. The molecule has 0 aromatic heterocycles. The Morgan fingerprint density at radius 2 is 2.00 bits per heavy atom. The molecule has 0 bridgehead atoms. The monoisotopic (exact) mass is 243 g/mol. The van der Waals surface area contributed by atoms with Crippen molar-refractivity contribution in [1.82, 2.24) is 0 Å². The van der Waals surface area contributed by atoms with E-state index >= 15 is 0 Å². The fourth-order valence-corrected chi connectivity index (χ4v) is 4.81. The lowest BCUT2D eigenvalue weighted by Crippen LogP contribution is -2.51. The first-order valence-corrected chi connectivity index (χ1v) is 7.39. The van der Waals surface area contributed by atoms with Crippen LogP contribution in [0.3, 0.4) is 0 Å². The lowest BCUT2D eigenvalue weighted by Gasteiger charge is -2.55. The Bertz CT molecular complexity index is 453. The van der Waals surface area contributed by atoms with Crippen LogP contribution in [0.1, 0.15) is 50.7 Å². The molecule has 1 fully saturated rings. The molecule has 2 aliphatic carbocycles. The summed E-state index contributed by atoms with van der Waals surface area (Å²) in [5, 5.41) is 0. The van der Waals surface area contributed by atoms with Crippen molar-refractivity contribution in [2.24, 2.45) is 17.1 Å². The molecule has 1 nitrogen and oxygen atoms in total. The van der Waals surface area contributed by atoms with Crippen LogP contribution in [0.15, 0.2) is 24.3 Å². The van der Waals surface area contributed by atoms with Crippen LogP contribution >= 0.6 is 0 Å². The normalized spacial score (nSPS) is 38.9. The highest BCUT2D eigenvalue weighted by molar-refractivity contribution is 5.38. The first kappa shape index (κ1) is 12.2. The molecule has 2 aliphatic rings. The number of benzene rings is 1. The summed E-state index contributed by atoms with van der Waals surface area (Å²) in [6.07, 6.45) is 6.54. The van der Waals surface area contributed by atoms with E-state index in [0.29, 0.717) is 10.8 Å². The third kappa shape index (κ3) is 1.56. The smallest absolute Gasteiger partial charge is 0.00202 e. The summed E-state index contributed by atoms with van der Waals surface area (Å²) in [6, 6.07) is 9.09. The number of fused-ring (bicyclic) bond motifs is 3. The van der Waals surface area contributed by atoms with Gasteiger partial charge >= 0.3 is 0 Å². The molecule has 0 heterocycles. The molecule has 1 saturated carbocycles. The quantitative estimate of drug-likeness (QED) is 0.800. The molecular weight excluding hydrogens is 218 g/mol. The predicted molar refractivity (Wildman–Crippen MR) is 76.6 cm³/mol. The van der Waals surface area contributed by atoms with Crippen molar-refractivity contribution in [2.45, 2.75) is 51.4 Å². The van der Waals surface area contributed by atoms with Gasteiger partial charge in [0.05, 0.1) is 0 Å². The van der Waals surface area contributed by atoms with E-state index in [1.54, 1.807) is 11.1 Å². The van der Waals surface area contributed by atoms with Crippen LogP contribution in [0.4, 0.5) is 0 Å². The molecule has 3 atom stereocenters. The molecule has 0 amide bonds. The van der Waals surface area contributed by atoms with E-state index in [2.05, 4.69) is 38.1 Å². The Labute approximate surface area is 111 Å². The summed E-state index contributed by atoms with van der Waals surface area (Å²) in [7, 11) is 0. The van der Waals surface area contributed by atoms with Crippen LogP contribution < -0.4 is 5.73 Å². The van der Waals surface area contributed by atoms with Crippen molar-refractivity contribution in [3.8, 4) is 0 Å². The van der Waals surface area contributed by atoms with Crippen molar-refractivity contribution >= 4 is 0 Å². The Morgan fingerprint density at radius 1 is 1.22 bits per heavy atom. The van der Waals surface area contributed by atoms with Gasteiger partial charge in [-0.2, -0.15) is 0 Å². The zero-order chi connectivity index (χ0) is 12.8. The van der Waals surface area contributed by atoms with Crippen molar-refractivity contribution in [1.29, 1.82) is 0 Å². The lowest BCUT2D eigenvalue weighted by atomic mass is 9.50. The molecule has 2 N–H and O–H groups in total. The Hall–Kier alpha value is -0.820. The number of rotatable bonds is 1. The summed E-state index contributed by atoms with van der Waals surface area (Å²) in [4.78, 5) is 0. The molecule has 0 unspecified atom stereocenters. The summed E-state index contributed by atoms with van der Waals surface area (Å²) < 4.78 is 0. The first-order valence-electron chi connectivity index (χ1n) is 7.39. The zero-order valence-corrected chi connectivity index (χ0v) is 11.7. The maximum absolute atomic E-state index is 6.12. The van der Waals surface area contributed by atoms with Gasteiger partial charge in [-0.05, 0) is 60.1 Å². The number of hydrogen-bond donors (Lipinski definition) is 1. The van der Waals surface area contributed by atoms with Gasteiger partial charge in [-0.3, -0.25) is 0 Å². The van der Waals surface area contributed by atoms with Crippen molar-refractivity contribution < 1.29 is 0 Å². The SMILES string of the molecule is C[C@]1(CN)CCC[C@]2(C)c3ccccc3CC[C@H]12. The molecule has 98 valence electrons. The van der Waals surface area contributed by atoms with E-state index < -0.39 is 0 Å². The van der Waals surface area contributed by atoms with Crippen LogP contribution in [0.5, 0.6) is 0 Å². The Kier molecular flexibility index (Phi) is 2.78. The van der Waals surface area contributed by atoms with Crippen LogP contribution in [0, 0.1) is 11.3 Å². The maximum Gasteiger partial charge on any atom is -0.00202 e. The second-order valence-electron chi connectivity index (χ2n) is 6.88. The molecule has 1 aromatic rings. The summed E-state index contributed by atoms with van der Waals surface area (Å²) in [5.74, 6) is 0.763. The van der Waals surface area contributed by atoms with Crippen molar-refractivity contribution in [2.75, 3.05) is 6.54 Å². The maximum atomic E-state index is 6.12. The van der Waals surface area contributed by atoms with Crippen LogP contribution in [-0.2, 0) is 11.8 Å². The molecular formula is C17H25N. The standard InChI is InChI=1S/C17H25N/c1-16(12-18)10-5-11-17(2)14-7-4-3-6-13(14)8-9-15(16)17/h3-4,6-7,15H,5,8-12,18H2,1-2H3/t15-,16-,17-/m1/s1. The van der Waals surface area contributed by atoms with Gasteiger partial charge in [0.1, 0.15) is 0 Å². The lowest BCUT2D eigenvalue weighted by molar-refractivity contribution is 0.0327. The second kappa shape index (κ2) is 4.09. The highest BCUT2D eigenvalue weighted by atomic mass is 14.7. The number of hydrogen-bond acceptors (Lipinski definition) is 1. The first-order chi connectivity index (χ1) is 8.60. The molecule has 3 rings (SSSR count). The molecule has 0 aliphatic heterocycles. The molecule has 1 aromatic carbocycles. The van der Waals surface area contributed by atoms with Gasteiger partial charge in [0.15, 0.2) is 0 Å². The minimum atomic E-state index is 0.348. The third-order valence-corrected chi connectivity index (χ3v) is 5.86. The van der Waals surface area contributed by atoms with Crippen LogP contribution in [-0.4, -0.2) is 6.54 Å². The van der Waals surface area contributed by atoms with Gasteiger partial charge in [-0.15, -0.1) is 0 Å². The summed E-state index contributed by atoms with van der Waals surface area (Å²) in [5.41, 5.74) is 10.0. The molecule has 0 radical (unpaired) electrons. The highest BCUT2D eigenvalue weighted by Gasteiger charge is 2.50. The van der Waals surface area contributed by atoms with E-state index in [-0.39, 0.29) is 0 Å². The van der Waals surface area contributed by atoms with Crippen molar-refractivity contribution in [3.05, 3.63) is 35.4 Å². The zero-order valence-electron chi connectivity index (χ0n) is 11.7. The van der Waals surface area contributed by atoms with Gasteiger partial charge in [0, 0.05) is 0 Å². The molecule has 1 heteroatoms. The van der Waals surface area contributed by atoms with E-state index in [1.165, 1.54) is 32.1 Å². The number of nitrogens with two attached hydrogens (primary N) is 1. The average Bonchev–Trinajstić information content (AvgIpc) is 2.39. The van der Waals surface area contributed by atoms with Crippen molar-refractivity contribution in [3.63, 3.8) is 0 Å². The van der Waals surface area contributed by atoms with E-state index in [0.717, 1.165) is 12.5 Å². The Balaban J connectivity index is 2.09.